The van der Waals surface area contributed by atoms with Crippen LogP contribution in [0, 0.1) is 5.82 Å². The van der Waals surface area contributed by atoms with Crippen molar-refractivity contribution in [3.8, 4) is 0 Å². The topological polar surface area (TPSA) is 80.9 Å². The molecule has 0 bridgehead atoms. The Morgan fingerprint density at radius 2 is 2.31 bits per heavy atom. The lowest BCUT2D eigenvalue weighted by molar-refractivity contribution is -0.118. The molecule has 1 heterocycles. The lowest BCUT2D eigenvalue weighted by atomic mass is 10.3. The fraction of sp³-hybridized carbons (Fsp3) is 0.500. The van der Waals surface area contributed by atoms with E-state index in [0.717, 1.165) is 0 Å². The minimum absolute atomic E-state index is 0.177. The van der Waals surface area contributed by atoms with E-state index in [1.54, 1.807) is 0 Å². The van der Waals surface area contributed by atoms with E-state index < -0.39 is 5.82 Å². The molecule has 6 heteroatoms. The Bertz CT molecular complexity index is 370. The van der Waals surface area contributed by atoms with Crippen molar-refractivity contribution in [2.24, 2.45) is 5.73 Å². The molecule has 1 aromatic rings. The third-order valence-corrected chi connectivity index (χ3v) is 2.09. The predicted octanol–water partition coefficient (Wildman–Crippen LogP) is 0.855. The molecule has 0 spiro atoms. The monoisotopic (exact) mass is 226 g/mol. The zero-order valence-corrected chi connectivity index (χ0v) is 9.16. The Hall–Kier alpha value is -1.72. The third-order valence-electron chi connectivity index (χ3n) is 2.09. The second-order valence-corrected chi connectivity index (χ2v) is 3.33. The van der Waals surface area contributed by atoms with Crippen LogP contribution in [0.3, 0.4) is 0 Å². The van der Waals surface area contributed by atoms with Crippen molar-refractivity contribution >= 4 is 11.7 Å². The van der Waals surface area contributed by atoms with Gasteiger partial charge in [-0.05, 0) is 12.8 Å². The maximum Gasteiger partial charge on any atom is 0.217 e. The summed E-state index contributed by atoms with van der Waals surface area (Å²) in [6, 6.07) is 0. The summed E-state index contributed by atoms with van der Waals surface area (Å²) in [6.07, 6.45) is 2.67. The molecule has 1 rings (SSSR count). The average Bonchev–Trinajstić information content (AvgIpc) is 2.26. The van der Waals surface area contributed by atoms with Crippen LogP contribution in [0.2, 0.25) is 0 Å². The lowest BCUT2D eigenvalue weighted by Crippen LogP contribution is -2.14. The van der Waals surface area contributed by atoms with Crippen LogP contribution in [0.5, 0.6) is 0 Å². The number of aryl methyl sites for hydroxylation is 1. The van der Waals surface area contributed by atoms with Gasteiger partial charge in [0, 0.05) is 13.0 Å². The Morgan fingerprint density at radius 3 is 2.94 bits per heavy atom. The van der Waals surface area contributed by atoms with Crippen LogP contribution in [0.15, 0.2) is 6.33 Å². The van der Waals surface area contributed by atoms with Gasteiger partial charge in [0.1, 0.15) is 6.33 Å². The Balaban J connectivity index is 2.50. The van der Waals surface area contributed by atoms with Crippen molar-refractivity contribution in [1.82, 2.24) is 9.97 Å². The Labute approximate surface area is 93.3 Å². The number of halogens is 1. The summed E-state index contributed by atoms with van der Waals surface area (Å²) in [6.45, 7) is 2.28. The standard InChI is InChI=1S/C10H15FN4O/c1-2-7-9(11)10(15-6-14-7)13-5-3-4-8(12)16/h6H,2-5H2,1H3,(H2,12,16)(H,13,14,15). The van der Waals surface area contributed by atoms with E-state index in [1.807, 2.05) is 6.92 Å². The van der Waals surface area contributed by atoms with Crippen LogP contribution in [0.4, 0.5) is 10.2 Å². The number of rotatable bonds is 6. The first-order valence-electron chi connectivity index (χ1n) is 5.16. The van der Waals surface area contributed by atoms with Gasteiger partial charge in [0.05, 0.1) is 5.69 Å². The van der Waals surface area contributed by atoms with E-state index in [-0.39, 0.29) is 18.1 Å². The molecular weight excluding hydrogens is 211 g/mol. The number of primary amides is 1. The van der Waals surface area contributed by atoms with Gasteiger partial charge in [-0.3, -0.25) is 4.79 Å². The first-order valence-corrected chi connectivity index (χ1v) is 5.16. The summed E-state index contributed by atoms with van der Waals surface area (Å²) >= 11 is 0. The number of nitrogens with two attached hydrogens (primary N) is 1. The van der Waals surface area contributed by atoms with Crippen LogP contribution in [-0.4, -0.2) is 22.4 Å². The molecule has 1 amide bonds. The van der Waals surface area contributed by atoms with E-state index in [9.17, 15) is 9.18 Å². The highest BCUT2D eigenvalue weighted by Crippen LogP contribution is 2.12. The van der Waals surface area contributed by atoms with Crippen LogP contribution in [0.1, 0.15) is 25.5 Å². The molecule has 0 aliphatic heterocycles. The highest BCUT2D eigenvalue weighted by atomic mass is 19.1. The first-order chi connectivity index (χ1) is 7.65. The van der Waals surface area contributed by atoms with Gasteiger partial charge in [-0.15, -0.1) is 0 Å². The van der Waals surface area contributed by atoms with Gasteiger partial charge in [-0.2, -0.15) is 0 Å². The van der Waals surface area contributed by atoms with E-state index in [2.05, 4.69) is 15.3 Å². The number of nitrogens with zero attached hydrogens (tertiary/aromatic N) is 2. The number of aromatic nitrogens is 2. The minimum Gasteiger partial charge on any atom is -0.370 e. The molecule has 0 saturated carbocycles. The van der Waals surface area contributed by atoms with Crippen LogP contribution >= 0.6 is 0 Å². The molecule has 5 nitrogen and oxygen atoms in total. The van der Waals surface area contributed by atoms with Crippen molar-refractivity contribution in [3.63, 3.8) is 0 Å². The second kappa shape index (κ2) is 5.99. The van der Waals surface area contributed by atoms with Gasteiger partial charge >= 0.3 is 0 Å². The lowest BCUT2D eigenvalue weighted by Gasteiger charge is -2.07. The molecule has 88 valence electrons. The van der Waals surface area contributed by atoms with E-state index in [1.165, 1.54) is 6.33 Å². The van der Waals surface area contributed by atoms with Crippen molar-refractivity contribution in [2.45, 2.75) is 26.2 Å². The number of carbonyl (C=O) groups excluding carboxylic acids is 1. The summed E-state index contributed by atoms with van der Waals surface area (Å²) in [5.74, 6) is -0.611. The summed E-state index contributed by atoms with van der Waals surface area (Å²) in [7, 11) is 0. The van der Waals surface area contributed by atoms with Gasteiger partial charge in [-0.1, -0.05) is 6.92 Å². The van der Waals surface area contributed by atoms with Crippen molar-refractivity contribution in [3.05, 3.63) is 17.8 Å². The minimum atomic E-state index is -0.427. The SMILES string of the molecule is CCc1ncnc(NCCCC(N)=O)c1F. The number of amides is 1. The van der Waals surface area contributed by atoms with Gasteiger partial charge in [0.25, 0.3) is 0 Å². The molecule has 0 aliphatic carbocycles. The largest absolute Gasteiger partial charge is 0.370 e. The molecule has 0 saturated heterocycles. The molecule has 0 aromatic carbocycles. The summed E-state index contributed by atoms with van der Waals surface area (Å²) in [5, 5.41) is 2.81. The number of hydrogen-bond acceptors (Lipinski definition) is 4. The van der Waals surface area contributed by atoms with Crippen LogP contribution in [-0.2, 0) is 11.2 Å². The smallest absolute Gasteiger partial charge is 0.217 e. The van der Waals surface area contributed by atoms with Gasteiger partial charge in [0.2, 0.25) is 5.91 Å². The van der Waals surface area contributed by atoms with Crippen LogP contribution < -0.4 is 11.1 Å². The van der Waals surface area contributed by atoms with E-state index in [0.29, 0.717) is 25.1 Å². The molecule has 3 N–H and O–H groups in total. The van der Waals surface area contributed by atoms with Crippen molar-refractivity contribution in [1.29, 1.82) is 0 Å². The zero-order chi connectivity index (χ0) is 12.0. The summed E-state index contributed by atoms with van der Waals surface area (Å²) in [4.78, 5) is 18.1. The van der Waals surface area contributed by atoms with E-state index >= 15 is 0 Å². The summed E-state index contributed by atoms with van der Waals surface area (Å²) in [5.41, 5.74) is 5.36. The molecule has 16 heavy (non-hydrogen) atoms. The summed E-state index contributed by atoms with van der Waals surface area (Å²) < 4.78 is 13.6. The number of carbonyl (C=O) groups is 1. The molecular formula is C10H15FN4O. The average molecular weight is 226 g/mol. The maximum atomic E-state index is 13.6. The number of hydrogen-bond donors (Lipinski definition) is 2. The molecule has 0 atom stereocenters. The normalized spacial score (nSPS) is 10.1. The van der Waals surface area contributed by atoms with Gasteiger partial charge in [-0.25, -0.2) is 14.4 Å². The van der Waals surface area contributed by atoms with Crippen molar-refractivity contribution in [2.75, 3.05) is 11.9 Å². The quantitative estimate of drug-likeness (QED) is 0.705. The number of nitrogens with one attached hydrogen (secondary N) is 1. The molecule has 1 aromatic heterocycles. The molecule has 0 radical (unpaired) electrons. The zero-order valence-electron chi connectivity index (χ0n) is 9.16. The molecule has 0 aliphatic rings. The predicted molar refractivity (Wildman–Crippen MR) is 58.3 cm³/mol. The Kier molecular flexibility index (Phi) is 4.63. The van der Waals surface area contributed by atoms with Gasteiger partial charge in [0.15, 0.2) is 11.6 Å². The first kappa shape index (κ1) is 12.4. The van der Waals surface area contributed by atoms with E-state index in [4.69, 9.17) is 5.73 Å². The third kappa shape index (κ3) is 3.45. The van der Waals surface area contributed by atoms with Crippen LogP contribution in [0.25, 0.3) is 0 Å². The number of anilines is 1. The highest BCUT2D eigenvalue weighted by molar-refractivity contribution is 5.73. The van der Waals surface area contributed by atoms with Crippen molar-refractivity contribution < 1.29 is 9.18 Å². The second-order valence-electron chi connectivity index (χ2n) is 3.33. The highest BCUT2D eigenvalue weighted by Gasteiger charge is 2.08. The fourth-order valence-corrected chi connectivity index (χ4v) is 1.25. The fourth-order valence-electron chi connectivity index (χ4n) is 1.25. The Morgan fingerprint density at radius 1 is 1.56 bits per heavy atom. The van der Waals surface area contributed by atoms with Gasteiger partial charge < -0.3 is 11.1 Å². The molecule has 0 unspecified atom stereocenters. The molecule has 0 fully saturated rings. The maximum absolute atomic E-state index is 13.6.